The molecule has 0 bridgehead atoms. The zero-order valence-corrected chi connectivity index (χ0v) is 7.32. The predicted molar refractivity (Wildman–Crippen MR) is 44.1 cm³/mol. The lowest BCUT2D eigenvalue weighted by molar-refractivity contribution is -0.150. The number of hydrogen-bond donors (Lipinski definition) is 2. The number of aliphatic hydroxyl groups is 2. The van der Waals surface area contributed by atoms with Gasteiger partial charge in [0.15, 0.2) is 0 Å². The van der Waals surface area contributed by atoms with E-state index in [2.05, 4.69) is 20.9 Å². The molecule has 0 spiro atoms. The molecule has 1 rings (SSSR count). The van der Waals surface area contributed by atoms with Crippen LogP contribution in [0.5, 0.6) is 0 Å². The van der Waals surface area contributed by atoms with E-state index in [9.17, 15) is 10.2 Å². The summed E-state index contributed by atoms with van der Waals surface area (Å²) in [6.07, 6.45) is 1.51. The van der Waals surface area contributed by atoms with E-state index in [1.54, 1.807) is 18.2 Å². The molecule has 1 heterocycles. The molecule has 4 heteroatoms. The van der Waals surface area contributed by atoms with Crippen molar-refractivity contribution in [1.82, 2.24) is 4.98 Å². The summed E-state index contributed by atoms with van der Waals surface area (Å²) in [7, 11) is 0. The monoisotopic (exact) mass is 217 g/mol. The van der Waals surface area contributed by atoms with Crippen molar-refractivity contribution in [3.63, 3.8) is 0 Å². The molecule has 0 unspecified atom stereocenters. The smallest absolute Gasteiger partial charge is 0.217 e. The van der Waals surface area contributed by atoms with Gasteiger partial charge in [-0.15, -0.1) is 0 Å². The first-order valence-electron chi connectivity index (χ1n) is 3.09. The summed E-state index contributed by atoms with van der Waals surface area (Å²) in [6, 6.07) is 4.97. The molecular weight excluding hydrogens is 210 g/mol. The first kappa shape index (κ1) is 8.64. The summed E-state index contributed by atoms with van der Waals surface area (Å²) in [5.74, 6) is -1.86. The van der Waals surface area contributed by atoms with Crippen molar-refractivity contribution >= 4 is 15.9 Å². The van der Waals surface area contributed by atoms with E-state index in [0.717, 1.165) is 0 Å². The van der Waals surface area contributed by atoms with Crippen molar-refractivity contribution in [3.8, 4) is 0 Å². The normalized spacial score (nSPS) is 11.5. The van der Waals surface area contributed by atoms with E-state index in [4.69, 9.17) is 0 Å². The molecule has 0 amide bonds. The molecule has 0 saturated carbocycles. The first-order chi connectivity index (χ1) is 5.17. The second-order valence-corrected chi connectivity index (χ2v) is 2.73. The molecule has 0 aliphatic rings. The maximum absolute atomic E-state index is 9.24. The van der Waals surface area contributed by atoms with Crippen LogP contribution in [0.2, 0.25) is 0 Å². The van der Waals surface area contributed by atoms with E-state index in [1.165, 1.54) is 6.20 Å². The lowest BCUT2D eigenvalue weighted by atomic mass is 10.2. The van der Waals surface area contributed by atoms with Gasteiger partial charge < -0.3 is 10.2 Å². The van der Waals surface area contributed by atoms with Crippen LogP contribution in [0.25, 0.3) is 0 Å². The maximum atomic E-state index is 9.24. The molecule has 0 saturated heterocycles. The van der Waals surface area contributed by atoms with Crippen molar-refractivity contribution in [2.45, 2.75) is 5.79 Å². The third-order valence-corrected chi connectivity index (χ3v) is 2.04. The fourth-order valence-corrected chi connectivity index (χ4v) is 0.955. The standard InChI is InChI=1S/C7H8BrNO2/c8-5-7(10,11)6-3-1-2-4-9-6/h1-4,10-11H,5H2. The third-order valence-electron chi connectivity index (χ3n) is 1.26. The quantitative estimate of drug-likeness (QED) is 0.565. The second-order valence-electron chi connectivity index (χ2n) is 2.17. The highest BCUT2D eigenvalue weighted by Crippen LogP contribution is 2.16. The van der Waals surface area contributed by atoms with Crippen LogP contribution in [0.3, 0.4) is 0 Å². The van der Waals surface area contributed by atoms with E-state index >= 15 is 0 Å². The van der Waals surface area contributed by atoms with Crippen LogP contribution in [-0.2, 0) is 5.79 Å². The Morgan fingerprint density at radius 3 is 2.64 bits per heavy atom. The number of hydrogen-bond acceptors (Lipinski definition) is 3. The number of halogens is 1. The van der Waals surface area contributed by atoms with Gasteiger partial charge in [0.05, 0.1) is 11.0 Å². The Balaban J connectivity index is 2.93. The lowest BCUT2D eigenvalue weighted by Gasteiger charge is -2.16. The topological polar surface area (TPSA) is 53.4 Å². The predicted octanol–water partition coefficient (Wildman–Crippen LogP) is 0.614. The van der Waals surface area contributed by atoms with Gasteiger partial charge >= 0.3 is 0 Å². The van der Waals surface area contributed by atoms with Gasteiger partial charge in [-0.3, -0.25) is 4.98 Å². The summed E-state index contributed by atoms with van der Waals surface area (Å²) >= 11 is 2.97. The van der Waals surface area contributed by atoms with Crippen LogP contribution in [0.1, 0.15) is 5.69 Å². The number of aromatic nitrogens is 1. The Kier molecular flexibility index (Phi) is 2.59. The second kappa shape index (κ2) is 3.30. The molecule has 0 aromatic carbocycles. The van der Waals surface area contributed by atoms with Crippen molar-refractivity contribution in [1.29, 1.82) is 0 Å². The van der Waals surface area contributed by atoms with Gasteiger partial charge in [0, 0.05) is 6.20 Å². The Labute approximate surface area is 72.8 Å². The Bertz CT molecular complexity index is 225. The largest absolute Gasteiger partial charge is 0.360 e. The summed E-state index contributed by atoms with van der Waals surface area (Å²) < 4.78 is 0. The van der Waals surface area contributed by atoms with Crippen molar-refractivity contribution < 1.29 is 10.2 Å². The van der Waals surface area contributed by atoms with E-state index in [1.807, 2.05) is 0 Å². The number of rotatable bonds is 2. The molecule has 11 heavy (non-hydrogen) atoms. The van der Waals surface area contributed by atoms with Crippen LogP contribution in [-0.4, -0.2) is 20.5 Å². The molecule has 0 atom stereocenters. The molecule has 3 nitrogen and oxygen atoms in total. The average Bonchev–Trinajstić information content (AvgIpc) is 2.06. The minimum atomic E-state index is -1.86. The summed E-state index contributed by atoms with van der Waals surface area (Å²) in [4.78, 5) is 3.79. The van der Waals surface area contributed by atoms with Crippen molar-refractivity contribution in [2.75, 3.05) is 5.33 Å². The van der Waals surface area contributed by atoms with Gasteiger partial charge in [-0.1, -0.05) is 22.0 Å². The van der Waals surface area contributed by atoms with Crippen LogP contribution in [0.4, 0.5) is 0 Å². The molecule has 0 aliphatic heterocycles. The summed E-state index contributed by atoms with van der Waals surface area (Å²) in [6.45, 7) is 0. The van der Waals surface area contributed by atoms with Crippen molar-refractivity contribution in [3.05, 3.63) is 30.1 Å². The SMILES string of the molecule is OC(O)(CBr)c1ccccn1. The molecule has 2 N–H and O–H groups in total. The summed E-state index contributed by atoms with van der Waals surface area (Å²) in [5.41, 5.74) is 0.247. The molecule has 1 aromatic heterocycles. The van der Waals surface area contributed by atoms with Gasteiger partial charge in [0.2, 0.25) is 5.79 Å². The zero-order chi connectivity index (χ0) is 8.32. The van der Waals surface area contributed by atoms with Crippen LogP contribution in [0.15, 0.2) is 24.4 Å². The molecule has 0 radical (unpaired) electrons. The minimum absolute atomic E-state index is 0.0526. The number of alkyl halides is 1. The molecule has 0 aliphatic carbocycles. The Morgan fingerprint density at radius 1 is 1.45 bits per heavy atom. The van der Waals surface area contributed by atoms with Gasteiger partial charge in [0.25, 0.3) is 0 Å². The number of nitrogens with zero attached hydrogens (tertiary/aromatic N) is 1. The van der Waals surface area contributed by atoms with E-state index in [-0.39, 0.29) is 11.0 Å². The zero-order valence-electron chi connectivity index (χ0n) is 5.74. The van der Waals surface area contributed by atoms with Gasteiger partial charge in [-0.25, -0.2) is 0 Å². The minimum Gasteiger partial charge on any atom is -0.360 e. The fourth-order valence-electron chi connectivity index (χ4n) is 0.668. The van der Waals surface area contributed by atoms with Gasteiger partial charge in [-0.05, 0) is 12.1 Å². The maximum Gasteiger partial charge on any atom is 0.217 e. The fraction of sp³-hybridized carbons (Fsp3) is 0.286. The molecule has 1 aromatic rings. The molecule has 60 valence electrons. The molecule has 0 fully saturated rings. The van der Waals surface area contributed by atoms with Gasteiger partial charge in [-0.2, -0.15) is 0 Å². The van der Waals surface area contributed by atoms with E-state index < -0.39 is 5.79 Å². The Hall–Kier alpha value is -0.450. The highest BCUT2D eigenvalue weighted by Gasteiger charge is 2.24. The average molecular weight is 218 g/mol. The Morgan fingerprint density at radius 2 is 2.18 bits per heavy atom. The van der Waals surface area contributed by atoms with E-state index in [0.29, 0.717) is 0 Å². The van der Waals surface area contributed by atoms with Crippen LogP contribution >= 0.6 is 15.9 Å². The van der Waals surface area contributed by atoms with Crippen LogP contribution in [0, 0.1) is 0 Å². The highest BCUT2D eigenvalue weighted by molar-refractivity contribution is 9.09. The van der Waals surface area contributed by atoms with Gasteiger partial charge in [0.1, 0.15) is 0 Å². The number of pyridine rings is 1. The third kappa shape index (κ3) is 1.99. The summed E-state index contributed by atoms with van der Waals surface area (Å²) in [5, 5.41) is 18.5. The van der Waals surface area contributed by atoms with Crippen LogP contribution < -0.4 is 0 Å². The van der Waals surface area contributed by atoms with Crippen molar-refractivity contribution in [2.24, 2.45) is 0 Å². The lowest BCUT2D eigenvalue weighted by Crippen LogP contribution is -2.27. The highest BCUT2D eigenvalue weighted by atomic mass is 79.9. The molecular formula is C7H8BrNO2. The first-order valence-corrected chi connectivity index (χ1v) is 4.21.